The highest BCUT2D eigenvalue weighted by Gasteiger charge is 2.08. The average Bonchev–Trinajstić information content (AvgIpc) is 2.91. The molecule has 0 bridgehead atoms. The predicted octanol–water partition coefficient (Wildman–Crippen LogP) is 2.93. The minimum absolute atomic E-state index is 0.0128. The van der Waals surface area contributed by atoms with Gasteiger partial charge in [-0.1, -0.05) is 31.8 Å². The van der Waals surface area contributed by atoms with Crippen LogP contribution in [-0.2, 0) is 6.54 Å². The Labute approximate surface area is 124 Å². The summed E-state index contributed by atoms with van der Waals surface area (Å²) in [6.07, 6.45) is 4.05. The molecule has 1 aromatic carbocycles. The highest BCUT2D eigenvalue weighted by Crippen LogP contribution is 2.16. The van der Waals surface area contributed by atoms with E-state index in [1.165, 1.54) is 6.07 Å². The molecule has 0 fully saturated rings. The van der Waals surface area contributed by atoms with E-state index in [1.54, 1.807) is 18.3 Å². The molecule has 0 radical (unpaired) electrons. The molecule has 0 aliphatic rings. The fourth-order valence-electron chi connectivity index (χ4n) is 2.13. The van der Waals surface area contributed by atoms with Crippen LogP contribution in [0, 0.1) is 17.7 Å². The lowest BCUT2D eigenvalue weighted by Gasteiger charge is -2.10. The first kappa shape index (κ1) is 15.3. The molecule has 0 aliphatic carbocycles. The summed E-state index contributed by atoms with van der Waals surface area (Å²) in [4.78, 5) is 4.35. The Kier molecular flexibility index (Phi) is 5.13. The third-order valence-electron chi connectivity index (χ3n) is 3.11. The van der Waals surface area contributed by atoms with Gasteiger partial charge in [-0.05, 0) is 17.7 Å². The first-order chi connectivity index (χ1) is 10.1. The Morgan fingerprint density at radius 3 is 2.90 bits per heavy atom. The SMILES string of the molecule is CC(C)c1nccn1Cc1ccc(F)c(C#CCCO)c1. The number of aromatic nitrogens is 2. The van der Waals surface area contributed by atoms with Gasteiger partial charge in [0, 0.05) is 31.3 Å². The smallest absolute Gasteiger partial charge is 0.138 e. The Morgan fingerprint density at radius 1 is 1.38 bits per heavy atom. The summed E-state index contributed by atoms with van der Waals surface area (Å²) in [7, 11) is 0. The van der Waals surface area contributed by atoms with Gasteiger partial charge in [-0.2, -0.15) is 0 Å². The lowest BCUT2D eigenvalue weighted by molar-refractivity contribution is 0.305. The van der Waals surface area contributed by atoms with Gasteiger partial charge in [0.25, 0.3) is 0 Å². The van der Waals surface area contributed by atoms with Gasteiger partial charge in [0.2, 0.25) is 0 Å². The molecule has 1 heterocycles. The summed E-state index contributed by atoms with van der Waals surface area (Å²) in [6, 6.07) is 4.95. The van der Waals surface area contributed by atoms with E-state index in [2.05, 4.69) is 35.2 Å². The second-order valence-corrected chi connectivity index (χ2v) is 5.16. The van der Waals surface area contributed by atoms with Crippen LogP contribution in [0.1, 0.15) is 43.1 Å². The number of imidazole rings is 1. The molecule has 2 aromatic rings. The Hall–Kier alpha value is -2.12. The summed E-state index contributed by atoms with van der Waals surface area (Å²) in [5, 5.41) is 8.72. The minimum atomic E-state index is -0.334. The third kappa shape index (κ3) is 3.93. The zero-order valence-corrected chi connectivity index (χ0v) is 12.3. The monoisotopic (exact) mass is 286 g/mol. The van der Waals surface area contributed by atoms with Gasteiger partial charge in [-0.15, -0.1) is 0 Å². The van der Waals surface area contributed by atoms with E-state index in [-0.39, 0.29) is 12.4 Å². The molecule has 0 aliphatic heterocycles. The van der Waals surface area contributed by atoms with Crippen molar-refractivity contribution in [3.8, 4) is 11.8 Å². The molecule has 0 amide bonds. The Bertz CT molecular complexity index is 665. The number of rotatable bonds is 4. The van der Waals surface area contributed by atoms with Crippen LogP contribution in [0.5, 0.6) is 0 Å². The number of hydrogen-bond acceptors (Lipinski definition) is 2. The van der Waals surface area contributed by atoms with Crippen molar-refractivity contribution in [3.63, 3.8) is 0 Å². The highest BCUT2D eigenvalue weighted by molar-refractivity contribution is 5.38. The molecular formula is C17H19FN2O. The molecule has 0 saturated carbocycles. The van der Waals surface area contributed by atoms with Crippen molar-refractivity contribution in [2.24, 2.45) is 0 Å². The van der Waals surface area contributed by atoms with Crippen molar-refractivity contribution < 1.29 is 9.50 Å². The molecule has 0 unspecified atom stereocenters. The summed E-state index contributed by atoms with van der Waals surface area (Å²) in [5.74, 6) is 6.52. The maximum Gasteiger partial charge on any atom is 0.138 e. The van der Waals surface area contributed by atoms with Crippen LogP contribution in [0.15, 0.2) is 30.6 Å². The molecule has 0 spiro atoms. The van der Waals surface area contributed by atoms with Crippen molar-refractivity contribution in [2.45, 2.75) is 32.7 Å². The molecule has 110 valence electrons. The van der Waals surface area contributed by atoms with Gasteiger partial charge in [-0.3, -0.25) is 0 Å². The van der Waals surface area contributed by atoms with E-state index in [0.717, 1.165) is 11.4 Å². The second-order valence-electron chi connectivity index (χ2n) is 5.16. The molecule has 2 rings (SSSR count). The van der Waals surface area contributed by atoms with Crippen LogP contribution in [-0.4, -0.2) is 21.3 Å². The van der Waals surface area contributed by atoms with E-state index in [0.29, 0.717) is 24.4 Å². The number of aliphatic hydroxyl groups excluding tert-OH is 1. The number of nitrogens with zero attached hydrogens (tertiary/aromatic N) is 2. The first-order valence-corrected chi connectivity index (χ1v) is 7.01. The topological polar surface area (TPSA) is 38.0 Å². The number of benzene rings is 1. The van der Waals surface area contributed by atoms with Crippen molar-refractivity contribution in [3.05, 3.63) is 53.4 Å². The molecule has 4 heteroatoms. The van der Waals surface area contributed by atoms with Crippen LogP contribution in [0.4, 0.5) is 4.39 Å². The Morgan fingerprint density at radius 2 is 2.19 bits per heavy atom. The van der Waals surface area contributed by atoms with Crippen LogP contribution < -0.4 is 0 Å². The molecule has 0 atom stereocenters. The molecular weight excluding hydrogens is 267 g/mol. The van der Waals surface area contributed by atoms with Gasteiger partial charge in [0.05, 0.1) is 12.2 Å². The molecule has 0 saturated heterocycles. The summed E-state index contributed by atoms with van der Waals surface area (Å²) >= 11 is 0. The minimum Gasteiger partial charge on any atom is -0.395 e. The second kappa shape index (κ2) is 7.05. The number of halogens is 1. The van der Waals surface area contributed by atoms with Gasteiger partial charge >= 0.3 is 0 Å². The summed E-state index contributed by atoms with van der Waals surface area (Å²) < 4.78 is 15.8. The Balaban J connectivity index is 2.23. The van der Waals surface area contributed by atoms with E-state index in [4.69, 9.17) is 5.11 Å². The largest absolute Gasteiger partial charge is 0.395 e. The first-order valence-electron chi connectivity index (χ1n) is 7.01. The lowest BCUT2D eigenvalue weighted by atomic mass is 10.1. The lowest BCUT2D eigenvalue weighted by Crippen LogP contribution is -2.06. The van der Waals surface area contributed by atoms with E-state index in [9.17, 15) is 4.39 Å². The van der Waals surface area contributed by atoms with Crippen LogP contribution in [0.3, 0.4) is 0 Å². The van der Waals surface area contributed by atoms with Crippen LogP contribution >= 0.6 is 0 Å². The highest BCUT2D eigenvalue weighted by atomic mass is 19.1. The van der Waals surface area contributed by atoms with Crippen molar-refractivity contribution in [2.75, 3.05) is 6.61 Å². The van der Waals surface area contributed by atoms with E-state index < -0.39 is 0 Å². The molecule has 21 heavy (non-hydrogen) atoms. The third-order valence-corrected chi connectivity index (χ3v) is 3.11. The van der Waals surface area contributed by atoms with Gasteiger partial charge < -0.3 is 9.67 Å². The van der Waals surface area contributed by atoms with Gasteiger partial charge in [0.15, 0.2) is 0 Å². The van der Waals surface area contributed by atoms with Crippen molar-refractivity contribution in [1.82, 2.24) is 9.55 Å². The standard InChI is InChI=1S/C17H19FN2O/c1-13(2)17-19-8-9-20(17)12-14-6-7-16(18)15(11-14)5-3-4-10-21/h6-9,11,13,21H,4,10,12H2,1-2H3. The summed E-state index contributed by atoms with van der Waals surface area (Å²) in [6.45, 7) is 4.81. The fourth-order valence-corrected chi connectivity index (χ4v) is 2.13. The summed E-state index contributed by atoms with van der Waals surface area (Å²) in [5.41, 5.74) is 1.34. The van der Waals surface area contributed by atoms with Gasteiger partial charge in [0.1, 0.15) is 11.6 Å². The van der Waals surface area contributed by atoms with Crippen LogP contribution in [0.25, 0.3) is 0 Å². The average molecular weight is 286 g/mol. The van der Waals surface area contributed by atoms with Crippen molar-refractivity contribution in [1.29, 1.82) is 0 Å². The molecule has 3 nitrogen and oxygen atoms in total. The van der Waals surface area contributed by atoms with Crippen molar-refractivity contribution >= 4 is 0 Å². The van der Waals surface area contributed by atoms with Gasteiger partial charge in [-0.25, -0.2) is 9.37 Å². The normalized spacial score (nSPS) is 10.5. The quantitative estimate of drug-likeness (QED) is 0.878. The number of aliphatic hydroxyl groups is 1. The predicted molar refractivity (Wildman–Crippen MR) is 80.4 cm³/mol. The molecule has 1 N–H and O–H groups in total. The zero-order chi connectivity index (χ0) is 15.2. The van der Waals surface area contributed by atoms with E-state index in [1.807, 2.05) is 6.20 Å². The van der Waals surface area contributed by atoms with E-state index >= 15 is 0 Å². The zero-order valence-electron chi connectivity index (χ0n) is 12.3. The fraction of sp³-hybridized carbons (Fsp3) is 0.353. The maximum absolute atomic E-state index is 13.7. The number of hydrogen-bond donors (Lipinski definition) is 1. The maximum atomic E-state index is 13.7. The van der Waals surface area contributed by atoms with Crippen LogP contribution in [0.2, 0.25) is 0 Å². The molecule has 1 aromatic heterocycles.